The summed E-state index contributed by atoms with van der Waals surface area (Å²) < 4.78 is 50.6. The van der Waals surface area contributed by atoms with Gasteiger partial charge in [-0.2, -0.15) is 0 Å². The van der Waals surface area contributed by atoms with Crippen molar-refractivity contribution >= 4 is 282 Å². The number of aromatic carboxylic acids is 2. The van der Waals surface area contributed by atoms with E-state index in [9.17, 15) is 61.4 Å². The van der Waals surface area contributed by atoms with E-state index in [1.165, 1.54) is 57.7 Å². The average molecular weight is 2460 g/mol. The fourth-order valence-electron chi connectivity index (χ4n) is 8.49. The second kappa shape index (κ2) is 51.6. The molecule has 630 valence electrons. The minimum atomic E-state index is -5.23. The van der Waals surface area contributed by atoms with Crippen LogP contribution in [0.4, 0.5) is 39.8 Å². The Bertz CT molecular complexity index is 4680. The molecule has 21 N–H and O–H groups in total. The van der Waals surface area contributed by atoms with E-state index in [2.05, 4.69) is 120 Å². The summed E-state index contributed by atoms with van der Waals surface area (Å²) in [6.07, 6.45) is -0.489. The zero-order valence-corrected chi connectivity index (χ0v) is 81.7. The molecule has 6 amide bonds. The summed E-state index contributed by atoms with van der Waals surface area (Å²) >= 11 is 14.5. The van der Waals surface area contributed by atoms with Gasteiger partial charge in [0.05, 0.1) is 29.5 Å². The van der Waals surface area contributed by atoms with Gasteiger partial charge in [0.2, 0.25) is 29.5 Å². The molecule has 0 spiro atoms. The van der Waals surface area contributed by atoms with Crippen molar-refractivity contribution in [3.8, 4) is 0 Å². The average Bonchev–Trinajstić information content (AvgIpc) is 0.821. The molecule has 115 heavy (non-hydrogen) atoms. The van der Waals surface area contributed by atoms with Crippen molar-refractivity contribution in [3.05, 3.63) is 191 Å². The van der Waals surface area contributed by atoms with Gasteiger partial charge in [-0.25, -0.2) is 9.59 Å². The van der Waals surface area contributed by atoms with E-state index in [0.717, 1.165) is 26.2 Å². The third kappa shape index (κ3) is 44.8. The van der Waals surface area contributed by atoms with Crippen LogP contribution in [0.15, 0.2) is 127 Å². The number of benzene rings is 7. The molecule has 32 nitrogen and oxygen atoms in total. The number of rotatable bonds is 24. The monoisotopic (exact) mass is 2460 g/mol. The summed E-state index contributed by atoms with van der Waals surface area (Å²) in [7, 11) is -20.7. The lowest BCUT2D eigenvalue weighted by Gasteiger charge is -2.19. The first-order valence-corrected chi connectivity index (χ1v) is 47.7. The largest absolute Gasteiger partial charge is 0.480 e. The molecule has 0 atom stereocenters. The molecule has 7 aromatic carbocycles. The molecule has 7 rings (SSSR count). The van der Waals surface area contributed by atoms with Crippen LogP contribution in [0.1, 0.15) is 127 Å². The van der Waals surface area contributed by atoms with Crippen molar-refractivity contribution in [2.24, 2.45) is 17.8 Å². The zero-order valence-electron chi connectivity index (χ0n) is 63.1. The van der Waals surface area contributed by atoms with E-state index in [1.54, 1.807) is 65.1 Å². The standard InChI is InChI=1S/C12H15IN2O10P2.C12H14INO3.2C12H16INO.C10H14INO7P2.C7H6INO2.C7H8IN/c13-8-3-6(1-2-7(8)12(19)14-5-10(17)18)15-9(16)4-11(26(20,21)22)27(23,24)25;1-7(2)5-11(15)14-8-3-4-9(12(16)17)10(13)6-8;2*1-8(2)6-12(15)14-10-5-4-9(3)11(13)7-10;1-6-2-3-7(4-8(6)11)12-9(13)5-10(20(14,15)16)21(17,18)19;8-6-3-4(9)1-2-5(6)7(10)11;1-5-2-3-6(9)4-7(5)8/h1-3,11H,4-5H2,(H,14,19)(H,15,16)(H,17,18)(H2,20,21,22)(H2,23,24,25);3-4,6-7H,5H2,1-2H3,(H,14,15)(H,16,17);2*4-5,7-8H,6H2,1-3H3,(H,14,15);2-4,10H,5H2,1H3,(H,12,13)(H2,14,15,16)(H2,17,18,19);1-3H,9H2,(H,10,11);2-4H,9H2,1H3. The first-order chi connectivity index (χ1) is 52.8. The topological polar surface area (TPSA) is 569 Å². The number of anilines is 7. The second-order valence-electron chi connectivity index (χ2n) is 26.0. The number of amides is 6. The minimum Gasteiger partial charge on any atom is -0.480 e. The van der Waals surface area contributed by atoms with Crippen LogP contribution >= 0.6 is 189 Å². The molecule has 0 aliphatic rings. The van der Waals surface area contributed by atoms with Crippen LogP contribution < -0.4 is 43.4 Å². The van der Waals surface area contributed by atoms with Gasteiger partial charge < -0.3 is 97.8 Å². The Balaban J connectivity index is 0.000000687. The molecule has 0 saturated carbocycles. The summed E-state index contributed by atoms with van der Waals surface area (Å²) in [6.45, 7) is 19.6. The predicted octanol–water partition coefficient (Wildman–Crippen LogP) is 15.6. The Hall–Kier alpha value is -4.92. The predicted molar refractivity (Wildman–Crippen MR) is 502 cm³/mol. The smallest absolute Gasteiger partial charge is 0.341 e. The van der Waals surface area contributed by atoms with Crippen LogP contribution in [0, 0.1) is 70.4 Å². The van der Waals surface area contributed by atoms with Gasteiger partial charge in [-0.1, -0.05) is 65.8 Å². The molecule has 0 bridgehead atoms. The number of halogens is 7. The van der Waals surface area contributed by atoms with E-state index in [-0.39, 0.29) is 34.5 Å². The Morgan fingerprint density at radius 2 is 0.548 bits per heavy atom. The molecular weight excluding hydrogens is 2370 g/mol. The van der Waals surface area contributed by atoms with Gasteiger partial charge in [-0.3, -0.25) is 51.8 Å². The zero-order chi connectivity index (χ0) is 88.5. The van der Waals surface area contributed by atoms with Crippen LogP contribution in [0.25, 0.3) is 0 Å². The second-order valence-corrected chi connectivity index (χ2v) is 42.1. The van der Waals surface area contributed by atoms with Crippen molar-refractivity contribution in [3.63, 3.8) is 0 Å². The first-order valence-electron chi connectivity index (χ1n) is 33.4. The first kappa shape index (κ1) is 108. The Labute approximate surface area is 760 Å². The minimum absolute atomic E-state index is 0.0566. The van der Waals surface area contributed by atoms with Gasteiger partial charge in [0.25, 0.3) is 5.91 Å². The Morgan fingerprint density at radius 3 is 0.774 bits per heavy atom. The molecule has 0 aliphatic heterocycles. The highest BCUT2D eigenvalue weighted by atomic mass is 127. The summed E-state index contributed by atoms with van der Waals surface area (Å²) in [5, 5.41) is 36.5. The summed E-state index contributed by atoms with van der Waals surface area (Å²) in [4.78, 5) is 174. The van der Waals surface area contributed by atoms with Crippen LogP contribution in [0.2, 0.25) is 0 Å². The highest BCUT2D eigenvalue weighted by molar-refractivity contribution is 14.1. The fraction of sp³-hybridized carbons (Fsp3) is 0.292. The Morgan fingerprint density at radius 1 is 0.330 bits per heavy atom. The number of nitrogen functional groups attached to an aromatic ring is 2. The number of nitrogens with two attached hydrogens (primary N) is 2. The molecule has 0 aliphatic carbocycles. The van der Waals surface area contributed by atoms with Crippen LogP contribution in [-0.2, 0) is 47.0 Å². The number of carboxylic acids is 3. The number of carbonyl (C=O) groups excluding carboxylic acids is 6. The molecular formula is C72H89I7N8O24P4. The van der Waals surface area contributed by atoms with Gasteiger partial charge in [-0.15, -0.1) is 0 Å². The summed E-state index contributed by atoms with van der Waals surface area (Å²) in [5.74, 6) is -4.50. The van der Waals surface area contributed by atoms with Crippen molar-refractivity contribution in [2.75, 3.05) is 44.6 Å². The quantitative estimate of drug-likeness (QED) is 0.0152. The van der Waals surface area contributed by atoms with Gasteiger partial charge in [0.15, 0.2) is 10.8 Å². The van der Waals surface area contributed by atoms with Crippen molar-refractivity contribution < 1.29 is 116 Å². The van der Waals surface area contributed by atoms with Gasteiger partial charge in [-0.05, 0) is 329 Å². The normalized spacial score (nSPS) is 11.0. The number of aliphatic carboxylic acids is 1. The number of carboxylic acid groups (broad SMARTS) is 3. The lowest BCUT2D eigenvalue weighted by atomic mass is 10.1. The maximum absolute atomic E-state index is 11.9. The van der Waals surface area contributed by atoms with Gasteiger partial charge >= 0.3 is 48.3 Å². The third-order valence-electron chi connectivity index (χ3n) is 14.2. The van der Waals surface area contributed by atoms with E-state index in [1.807, 2.05) is 171 Å². The lowest BCUT2D eigenvalue weighted by molar-refractivity contribution is -0.136. The van der Waals surface area contributed by atoms with Crippen LogP contribution in [0.5, 0.6) is 0 Å². The number of hydrogen-bond donors (Lipinski definition) is 19. The molecule has 43 heteroatoms. The van der Waals surface area contributed by atoms with E-state index < -0.39 is 96.2 Å². The van der Waals surface area contributed by atoms with E-state index >= 15 is 0 Å². The molecule has 0 unspecified atom stereocenters. The van der Waals surface area contributed by atoms with Crippen LogP contribution in [-0.4, -0.2) is 125 Å². The van der Waals surface area contributed by atoms with E-state index in [0.29, 0.717) is 70.4 Å². The molecule has 0 heterocycles. The van der Waals surface area contributed by atoms with Crippen LogP contribution in [0.3, 0.4) is 0 Å². The van der Waals surface area contributed by atoms with Gasteiger partial charge in [0.1, 0.15) is 6.54 Å². The Kier molecular flexibility index (Phi) is 48.5. The molecule has 0 saturated heterocycles. The van der Waals surface area contributed by atoms with Crippen molar-refractivity contribution in [1.29, 1.82) is 0 Å². The lowest BCUT2D eigenvalue weighted by Crippen LogP contribution is -2.29. The SMILES string of the molecule is CC(C)CC(=O)Nc1ccc(C(=O)O)c(I)c1.Cc1ccc(N)cc1I.Cc1ccc(NC(=O)CC(C)C)cc1I.Cc1ccc(NC(=O)CC(C)C)cc1I.Cc1ccc(NC(=O)CC(P(=O)(O)O)P(=O)(O)O)cc1I.Nc1ccc(C(=O)O)c(I)c1.O=C(O)CNC(=O)c1ccc(NC(=O)CC(P(=O)(O)O)P(=O)(O)O)cc1I. The number of nitrogens with one attached hydrogen (secondary N) is 6. The molecule has 0 fully saturated rings. The maximum atomic E-state index is 11.9. The number of aryl methyl sites for hydroxylation is 4. The van der Waals surface area contributed by atoms with Crippen molar-refractivity contribution in [1.82, 2.24) is 5.32 Å². The van der Waals surface area contributed by atoms with Crippen molar-refractivity contribution in [2.45, 2.75) is 112 Å². The maximum Gasteiger partial charge on any atom is 0.341 e. The molecule has 0 radical (unpaired) electrons. The highest BCUT2D eigenvalue weighted by Crippen LogP contribution is 2.62. The van der Waals surface area contributed by atoms with E-state index in [4.69, 9.17) is 65.9 Å². The summed E-state index contributed by atoms with van der Waals surface area (Å²) in [5.41, 5.74) is 20.6. The molecule has 0 aromatic heterocycles. The third-order valence-corrected chi connectivity index (χ3v) is 29.0. The highest BCUT2D eigenvalue weighted by Gasteiger charge is 2.46. The number of hydrogen-bond acceptors (Lipinski definition) is 15. The summed E-state index contributed by atoms with van der Waals surface area (Å²) in [6, 6.07) is 36.1. The number of carbonyl (C=O) groups is 9. The fourth-order valence-corrected chi connectivity index (χ4v) is 17.6. The molecule has 7 aromatic rings. The van der Waals surface area contributed by atoms with Gasteiger partial charge in [0, 0.05) is 84.1 Å².